The first-order valence-electron chi connectivity index (χ1n) is 5.83. The molecule has 1 aromatic heterocycles. The molecular formula is C15H14N2O. The highest BCUT2D eigenvalue weighted by molar-refractivity contribution is 5.36. The molecule has 0 unspecified atom stereocenters. The van der Waals surface area contributed by atoms with Gasteiger partial charge in [0.05, 0.1) is 18.2 Å². The highest BCUT2D eigenvalue weighted by Gasteiger charge is 1.98. The molecule has 0 saturated heterocycles. The molecular weight excluding hydrogens is 224 g/mol. The van der Waals surface area contributed by atoms with Crippen molar-refractivity contribution in [2.45, 2.75) is 13.3 Å². The van der Waals surface area contributed by atoms with E-state index in [-0.39, 0.29) is 0 Å². The van der Waals surface area contributed by atoms with Crippen molar-refractivity contribution in [2.24, 2.45) is 0 Å². The van der Waals surface area contributed by atoms with Crippen LogP contribution >= 0.6 is 0 Å². The smallest absolute Gasteiger partial charge is 0.120 e. The quantitative estimate of drug-likeness (QED) is 0.822. The zero-order valence-electron chi connectivity index (χ0n) is 10.3. The lowest BCUT2D eigenvalue weighted by Gasteiger charge is -2.06. The van der Waals surface area contributed by atoms with Crippen LogP contribution in [0.5, 0.6) is 5.75 Å². The molecule has 0 aliphatic carbocycles. The minimum Gasteiger partial charge on any atom is -0.493 e. The number of aromatic nitrogens is 1. The van der Waals surface area contributed by atoms with E-state index in [2.05, 4.69) is 11.1 Å². The zero-order chi connectivity index (χ0) is 12.8. The van der Waals surface area contributed by atoms with E-state index >= 15 is 0 Å². The average Bonchev–Trinajstić information content (AvgIpc) is 2.39. The van der Waals surface area contributed by atoms with E-state index in [9.17, 15) is 0 Å². The van der Waals surface area contributed by atoms with E-state index in [0.29, 0.717) is 12.2 Å². The first-order valence-corrected chi connectivity index (χ1v) is 5.83. The number of hydrogen-bond acceptors (Lipinski definition) is 3. The molecule has 0 atom stereocenters. The van der Waals surface area contributed by atoms with Crippen LogP contribution in [-0.2, 0) is 6.42 Å². The molecule has 0 N–H and O–H groups in total. The van der Waals surface area contributed by atoms with Crippen LogP contribution in [0, 0.1) is 18.3 Å². The van der Waals surface area contributed by atoms with Gasteiger partial charge in [-0.1, -0.05) is 12.1 Å². The van der Waals surface area contributed by atoms with Gasteiger partial charge in [0.1, 0.15) is 5.75 Å². The summed E-state index contributed by atoms with van der Waals surface area (Å²) in [6, 6.07) is 15.2. The normalized spacial score (nSPS) is 9.78. The molecule has 2 aromatic rings. The Balaban J connectivity index is 1.90. The summed E-state index contributed by atoms with van der Waals surface area (Å²) in [7, 11) is 0. The second-order valence-electron chi connectivity index (χ2n) is 4.01. The number of hydrogen-bond donors (Lipinski definition) is 0. The van der Waals surface area contributed by atoms with Crippen molar-refractivity contribution >= 4 is 0 Å². The minimum absolute atomic E-state index is 0.561. The summed E-state index contributed by atoms with van der Waals surface area (Å²) < 4.78 is 5.60. The van der Waals surface area contributed by atoms with Crippen LogP contribution in [0.1, 0.15) is 17.0 Å². The van der Waals surface area contributed by atoms with E-state index in [1.54, 1.807) is 12.1 Å². The molecule has 0 spiro atoms. The van der Waals surface area contributed by atoms with E-state index < -0.39 is 0 Å². The van der Waals surface area contributed by atoms with Crippen molar-refractivity contribution in [3.05, 3.63) is 59.4 Å². The Morgan fingerprint density at radius 1 is 1.22 bits per heavy atom. The highest BCUT2D eigenvalue weighted by Crippen LogP contribution is 2.12. The Hall–Kier alpha value is -2.34. The molecule has 0 fully saturated rings. The van der Waals surface area contributed by atoms with Crippen molar-refractivity contribution in [3.63, 3.8) is 0 Å². The predicted octanol–water partition coefficient (Wildman–Crippen LogP) is 2.88. The molecule has 0 saturated carbocycles. The van der Waals surface area contributed by atoms with Crippen molar-refractivity contribution in [3.8, 4) is 11.8 Å². The van der Waals surface area contributed by atoms with Crippen molar-refractivity contribution in [1.82, 2.24) is 4.98 Å². The third-order valence-electron chi connectivity index (χ3n) is 2.54. The summed E-state index contributed by atoms with van der Waals surface area (Å²) in [5, 5.41) is 8.78. The van der Waals surface area contributed by atoms with Gasteiger partial charge in [-0.05, 0) is 37.3 Å². The number of ether oxygens (including phenoxy) is 1. The molecule has 0 aliphatic rings. The molecule has 3 heteroatoms. The maximum Gasteiger partial charge on any atom is 0.120 e. The van der Waals surface area contributed by atoms with Gasteiger partial charge in [-0.3, -0.25) is 4.98 Å². The number of pyridine rings is 1. The van der Waals surface area contributed by atoms with Crippen molar-refractivity contribution in [2.75, 3.05) is 6.61 Å². The number of aryl methyl sites for hydroxylation is 1. The van der Waals surface area contributed by atoms with Crippen LogP contribution < -0.4 is 4.74 Å². The van der Waals surface area contributed by atoms with E-state index in [0.717, 1.165) is 23.6 Å². The van der Waals surface area contributed by atoms with Gasteiger partial charge in [-0.2, -0.15) is 5.26 Å². The lowest BCUT2D eigenvalue weighted by molar-refractivity contribution is 0.320. The van der Waals surface area contributed by atoms with E-state index in [1.807, 2.05) is 37.3 Å². The molecule has 0 radical (unpaired) electrons. The Morgan fingerprint density at radius 2 is 2.06 bits per heavy atom. The topological polar surface area (TPSA) is 45.9 Å². The monoisotopic (exact) mass is 238 g/mol. The fourth-order valence-corrected chi connectivity index (χ4v) is 1.67. The lowest BCUT2D eigenvalue weighted by atomic mass is 10.2. The van der Waals surface area contributed by atoms with E-state index in [4.69, 9.17) is 10.00 Å². The van der Waals surface area contributed by atoms with Gasteiger partial charge in [0, 0.05) is 17.8 Å². The second-order valence-corrected chi connectivity index (χ2v) is 4.01. The number of rotatable bonds is 4. The Bertz CT molecular complexity index is 573. The van der Waals surface area contributed by atoms with Crippen LogP contribution in [0.2, 0.25) is 0 Å². The number of benzene rings is 1. The SMILES string of the molecule is Cc1cccc(CCOc2cccc(C#N)c2)n1. The zero-order valence-corrected chi connectivity index (χ0v) is 10.3. The maximum atomic E-state index is 8.78. The molecule has 3 nitrogen and oxygen atoms in total. The number of nitrogens with zero attached hydrogens (tertiary/aromatic N) is 2. The number of nitriles is 1. The molecule has 0 bridgehead atoms. The molecule has 90 valence electrons. The molecule has 1 heterocycles. The van der Waals surface area contributed by atoms with Crippen molar-refractivity contribution in [1.29, 1.82) is 5.26 Å². The largest absolute Gasteiger partial charge is 0.493 e. The first kappa shape index (κ1) is 12.1. The fraction of sp³-hybridized carbons (Fsp3) is 0.200. The van der Waals surface area contributed by atoms with Crippen LogP contribution in [0.15, 0.2) is 42.5 Å². The van der Waals surface area contributed by atoms with Gasteiger partial charge in [-0.25, -0.2) is 0 Å². The Kier molecular flexibility index (Phi) is 3.93. The Labute approximate surface area is 107 Å². The van der Waals surface area contributed by atoms with Crippen LogP contribution in [-0.4, -0.2) is 11.6 Å². The Morgan fingerprint density at radius 3 is 2.83 bits per heavy atom. The first-order chi connectivity index (χ1) is 8.78. The molecule has 18 heavy (non-hydrogen) atoms. The standard InChI is InChI=1S/C15H14N2O/c1-12-4-2-6-14(17-12)8-9-18-15-7-3-5-13(10-15)11-16/h2-7,10H,8-9H2,1H3. The summed E-state index contributed by atoms with van der Waals surface area (Å²) in [5.41, 5.74) is 2.64. The molecule has 2 rings (SSSR count). The average molecular weight is 238 g/mol. The molecule has 0 aliphatic heterocycles. The van der Waals surface area contributed by atoms with Crippen LogP contribution in [0.4, 0.5) is 0 Å². The van der Waals surface area contributed by atoms with Gasteiger partial charge in [0.2, 0.25) is 0 Å². The van der Waals surface area contributed by atoms with Gasteiger partial charge < -0.3 is 4.74 Å². The minimum atomic E-state index is 0.561. The fourth-order valence-electron chi connectivity index (χ4n) is 1.67. The summed E-state index contributed by atoms with van der Waals surface area (Å²) in [5.74, 6) is 0.724. The summed E-state index contributed by atoms with van der Waals surface area (Å²) in [6.45, 7) is 2.53. The van der Waals surface area contributed by atoms with Crippen LogP contribution in [0.25, 0.3) is 0 Å². The maximum absolute atomic E-state index is 8.78. The highest BCUT2D eigenvalue weighted by atomic mass is 16.5. The third-order valence-corrected chi connectivity index (χ3v) is 2.54. The van der Waals surface area contributed by atoms with Gasteiger partial charge >= 0.3 is 0 Å². The summed E-state index contributed by atoms with van der Waals surface area (Å²) in [4.78, 5) is 4.41. The van der Waals surface area contributed by atoms with Crippen molar-refractivity contribution < 1.29 is 4.74 Å². The molecule has 0 amide bonds. The molecule has 1 aromatic carbocycles. The van der Waals surface area contributed by atoms with Gasteiger partial charge in [-0.15, -0.1) is 0 Å². The summed E-state index contributed by atoms with van der Waals surface area (Å²) in [6.07, 6.45) is 0.762. The van der Waals surface area contributed by atoms with Gasteiger partial charge in [0.15, 0.2) is 0 Å². The predicted molar refractivity (Wildman–Crippen MR) is 69.3 cm³/mol. The van der Waals surface area contributed by atoms with Crippen LogP contribution in [0.3, 0.4) is 0 Å². The second kappa shape index (κ2) is 5.83. The third kappa shape index (κ3) is 3.33. The summed E-state index contributed by atoms with van der Waals surface area (Å²) >= 11 is 0. The van der Waals surface area contributed by atoms with Gasteiger partial charge in [0.25, 0.3) is 0 Å². The van der Waals surface area contributed by atoms with E-state index in [1.165, 1.54) is 0 Å². The lowest BCUT2D eigenvalue weighted by Crippen LogP contribution is -2.03.